The first-order chi connectivity index (χ1) is 10.3. The van der Waals surface area contributed by atoms with E-state index >= 15 is 0 Å². The van der Waals surface area contributed by atoms with Crippen molar-refractivity contribution in [2.24, 2.45) is 0 Å². The highest BCUT2D eigenvalue weighted by atomic mass is 16.5. The number of methoxy groups -OCH3 is 2. The van der Waals surface area contributed by atoms with Crippen molar-refractivity contribution in [2.75, 3.05) is 14.2 Å². The molecule has 0 fully saturated rings. The van der Waals surface area contributed by atoms with E-state index in [0.29, 0.717) is 39.9 Å². The van der Waals surface area contributed by atoms with Gasteiger partial charge in [0.05, 0.1) is 19.8 Å². The van der Waals surface area contributed by atoms with Gasteiger partial charge in [0.1, 0.15) is 18.1 Å². The highest BCUT2D eigenvalue weighted by Gasteiger charge is 2.15. The zero-order valence-electron chi connectivity index (χ0n) is 11.3. The topological polar surface area (TPSA) is 94.1 Å². The van der Waals surface area contributed by atoms with Gasteiger partial charge < -0.3 is 13.9 Å². The van der Waals surface area contributed by atoms with Crippen molar-refractivity contribution >= 4 is 11.2 Å². The molecule has 0 atom stereocenters. The van der Waals surface area contributed by atoms with Gasteiger partial charge in [0, 0.05) is 5.56 Å². The van der Waals surface area contributed by atoms with Crippen LogP contribution in [0.4, 0.5) is 0 Å². The van der Waals surface area contributed by atoms with Crippen molar-refractivity contribution in [3.05, 3.63) is 30.1 Å². The Hall–Kier alpha value is -3.14. The van der Waals surface area contributed by atoms with Crippen LogP contribution in [0.3, 0.4) is 0 Å². The molecule has 104 valence electrons. The van der Waals surface area contributed by atoms with E-state index in [1.165, 1.54) is 20.5 Å². The second kappa shape index (κ2) is 5.09. The second-order valence-electron chi connectivity index (χ2n) is 4.08. The van der Waals surface area contributed by atoms with Gasteiger partial charge in [0.2, 0.25) is 11.8 Å². The Balaban J connectivity index is 2.15. The van der Waals surface area contributed by atoms with E-state index in [1.807, 2.05) is 0 Å². The average Bonchev–Trinajstić information content (AvgIpc) is 2.98. The fourth-order valence-corrected chi connectivity index (χ4v) is 1.94. The van der Waals surface area contributed by atoms with Crippen LogP contribution in [0.25, 0.3) is 22.7 Å². The lowest BCUT2D eigenvalue weighted by molar-refractivity contribution is 0.401. The van der Waals surface area contributed by atoms with Gasteiger partial charge >= 0.3 is 0 Å². The number of nitrogens with zero attached hydrogens (tertiary/aromatic N) is 4. The Labute approximate surface area is 119 Å². The van der Waals surface area contributed by atoms with Crippen LogP contribution in [-0.4, -0.2) is 29.2 Å². The van der Waals surface area contributed by atoms with Crippen molar-refractivity contribution in [1.29, 1.82) is 5.26 Å². The van der Waals surface area contributed by atoms with Crippen molar-refractivity contribution in [3.63, 3.8) is 0 Å². The molecule has 7 heteroatoms. The third kappa shape index (κ3) is 2.12. The van der Waals surface area contributed by atoms with Gasteiger partial charge in [-0.15, -0.1) is 0 Å². The van der Waals surface area contributed by atoms with Crippen molar-refractivity contribution < 1.29 is 13.9 Å². The number of hydrogen-bond donors (Lipinski definition) is 0. The highest BCUT2D eigenvalue weighted by molar-refractivity contribution is 5.77. The van der Waals surface area contributed by atoms with E-state index in [2.05, 4.69) is 21.0 Å². The van der Waals surface area contributed by atoms with Crippen LogP contribution < -0.4 is 9.47 Å². The number of aromatic nitrogens is 3. The number of nitriles is 1. The molecule has 0 aliphatic rings. The average molecular weight is 282 g/mol. The molecule has 0 radical (unpaired) electrons. The molecule has 0 aliphatic heterocycles. The number of hydrogen-bond acceptors (Lipinski definition) is 7. The molecule has 0 spiro atoms. The third-order valence-electron chi connectivity index (χ3n) is 2.92. The number of oxazole rings is 1. The first-order valence-electron chi connectivity index (χ1n) is 6.01. The van der Waals surface area contributed by atoms with Gasteiger partial charge in [-0.25, -0.2) is 4.98 Å². The van der Waals surface area contributed by atoms with Gasteiger partial charge in [-0.3, -0.25) is 0 Å². The number of ether oxygens (including phenoxy) is 2. The minimum atomic E-state index is 0.325. The fourth-order valence-electron chi connectivity index (χ4n) is 1.94. The van der Waals surface area contributed by atoms with E-state index < -0.39 is 0 Å². The van der Waals surface area contributed by atoms with Gasteiger partial charge in [0.25, 0.3) is 5.71 Å². The summed E-state index contributed by atoms with van der Waals surface area (Å²) in [6.07, 6.45) is 1.34. The summed E-state index contributed by atoms with van der Waals surface area (Å²) in [6, 6.07) is 7.15. The van der Waals surface area contributed by atoms with Crippen LogP contribution in [0, 0.1) is 11.3 Å². The smallest absolute Gasteiger partial charge is 0.254 e. The molecule has 2 aromatic heterocycles. The van der Waals surface area contributed by atoms with E-state index in [9.17, 15) is 0 Å². The summed E-state index contributed by atoms with van der Waals surface area (Å²) in [5.41, 5.74) is 1.80. The maximum absolute atomic E-state index is 9.12. The molecule has 3 rings (SSSR count). The first-order valence-corrected chi connectivity index (χ1v) is 6.01. The SMILES string of the molecule is COc1ccc(-c2nc3c(OC)ncnc3o2)cc1C#N. The van der Waals surface area contributed by atoms with E-state index in [-0.39, 0.29) is 0 Å². The summed E-state index contributed by atoms with van der Waals surface area (Å²) in [7, 11) is 3.01. The molecule has 0 aliphatic carbocycles. The largest absolute Gasteiger partial charge is 0.495 e. The Morgan fingerprint density at radius 1 is 1.19 bits per heavy atom. The summed E-state index contributed by atoms with van der Waals surface area (Å²) < 4.78 is 15.8. The molecule has 0 unspecified atom stereocenters. The quantitative estimate of drug-likeness (QED) is 0.726. The summed E-state index contributed by atoms with van der Waals surface area (Å²) in [5, 5.41) is 9.12. The number of fused-ring (bicyclic) bond motifs is 1. The van der Waals surface area contributed by atoms with E-state index in [4.69, 9.17) is 19.2 Å². The second-order valence-corrected chi connectivity index (χ2v) is 4.08. The van der Waals surface area contributed by atoms with E-state index in [0.717, 1.165) is 0 Å². The van der Waals surface area contributed by atoms with Gasteiger partial charge in [-0.05, 0) is 18.2 Å². The van der Waals surface area contributed by atoms with Crippen LogP contribution in [0.1, 0.15) is 5.56 Å². The molecule has 21 heavy (non-hydrogen) atoms. The summed E-state index contributed by atoms with van der Waals surface area (Å²) >= 11 is 0. The molecule has 1 aromatic carbocycles. The molecule has 0 saturated heterocycles. The van der Waals surface area contributed by atoms with Crippen LogP contribution in [0.15, 0.2) is 28.9 Å². The Bertz CT molecular complexity index is 851. The minimum absolute atomic E-state index is 0.325. The molecule has 2 heterocycles. The maximum atomic E-state index is 9.12. The first kappa shape index (κ1) is 12.9. The van der Waals surface area contributed by atoms with Crippen molar-refractivity contribution in [1.82, 2.24) is 15.0 Å². The number of benzene rings is 1. The molecular formula is C14H10N4O3. The third-order valence-corrected chi connectivity index (χ3v) is 2.92. The summed E-state index contributed by atoms with van der Waals surface area (Å²) in [4.78, 5) is 12.3. The lowest BCUT2D eigenvalue weighted by Crippen LogP contribution is -1.90. The molecule has 3 aromatic rings. The van der Waals surface area contributed by atoms with Crippen LogP contribution in [0.2, 0.25) is 0 Å². The highest BCUT2D eigenvalue weighted by Crippen LogP contribution is 2.29. The Morgan fingerprint density at radius 2 is 2.05 bits per heavy atom. The predicted molar refractivity (Wildman–Crippen MR) is 72.9 cm³/mol. The molecular weight excluding hydrogens is 272 g/mol. The van der Waals surface area contributed by atoms with E-state index in [1.54, 1.807) is 18.2 Å². The zero-order chi connectivity index (χ0) is 14.8. The van der Waals surface area contributed by atoms with Gasteiger partial charge in [0.15, 0.2) is 5.52 Å². The Morgan fingerprint density at radius 3 is 2.76 bits per heavy atom. The molecule has 0 N–H and O–H groups in total. The molecule has 0 bridgehead atoms. The van der Waals surface area contributed by atoms with Crippen molar-refractivity contribution in [2.45, 2.75) is 0 Å². The maximum Gasteiger partial charge on any atom is 0.254 e. The predicted octanol–water partition coefficient (Wildman–Crippen LogP) is 2.17. The molecule has 7 nitrogen and oxygen atoms in total. The Kier molecular flexibility index (Phi) is 3.12. The van der Waals surface area contributed by atoms with Crippen LogP contribution >= 0.6 is 0 Å². The summed E-state index contributed by atoms with van der Waals surface area (Å²) in [5.74, 6) is 1.17. The van der Waals surface area contributed by atoms with Crippen molar-refractivity contribution in [3.8, 4) is 29.2 Å². The van der Waals surface area contributed by atoms with Crippen LogP contribution in [-0.2, 0) is 0 Å². The normalized spacial score (nSPS) is 10.3. The standard InChI is InChI=1S/C14H10N4O3/c1-19-10-4-3-8(5-9(10)6-15)12-18-11-13(20-2)16-7-17-14(11)21-12/h3-5,7H,1-2H3. The van der Waals surface area contributed by atoms with Gasteiger partial charge in [-0.2, -0.15) is 15.2 Å². The monoisotopic (exact) mass is 282 g/mol. The lowest BCUT2D eigenvalue weighted by atomic mass is 10.1. The lowest BCUT2D eigenvalue weighted by Gasteiger charge is -2.02. The molecule has 0 amide bonds. The van der Waals surface area contributed by atoms with Gasteiger partial charge in [-0.1, -0.05) is 0 Å². The minimum Gasteiger partial charge on any atom is -0.495 e. The fraction of sp³-hybridized carbons (Fsp3) is 0.143. The number of rotatable bonds is 3. The zero-order valence-corrected chi connectivity index (χ0v) is 11.3. The van der Waals surface area contributed by atoms with Crippen LogP contribution in [0.5, 0.6) is 11.6 Å². The summed E-state index contributed by atoms with van der Waals surface area (Å²) in [6.45, 7) is 0. The molecule has 0 saturated carbocycles.